The van der Waals surface area contributed by atoms with Crippen molar-refractivity contribution in [3.8, 4) is 5.88 Å². The second kappa shape index (κ2) is 12.0. The fraction of sp³-hybridized carbons (Fsp3) is 0.567. The first-order valence-electron chi connectivity index (χ1n) is 13.7. The van der Waals surface area contributed by atoms with Gasteiger partial charge in [0.1, 0.15) is 12.1 Å². The van der Waals surface area contributed by atoms with Crippen LogP contribution in [-0.4, -0.2) is 58.8 Å². The van der Waals surface area contributed by atoms with E-state index >= 15 is 0 Å². The number of hydrogen-bond donors (Lipinski definition) is 1. The molecule has 2 aromatic rings. The third-order valence-electron chi connectivity index (χ3n) is 7.95. The summed E-state index contributed by atoms with van der Waals surface area (Å²) >= 11 is 0. The zero-order chi connectivity index (χ0) is 30.1. The summed E-state index contributed by atoms with van der Waals surface area (Å²) in [5, 5.41) is 10.6. The standard InChI is InChI=1S/C30H37F3N2O6/c1-17-10-6-7-11-20(17)23-25(41-16-18-14-19(30(31,32)33)15-34-26(18)39-5)22(29(2,3)4)24(28(37)38)35(23)27(36)21-12-8-9-13-40-21/h6-7,10-11,14-15,21-25H,8-9,12-13,16H2,1-5H3,(H,37,38). The molecule has 2 fully saturated rings. The summed E-state index contributed by atoms with van der Waals surface area (Å²) in [5.74, 6) is -2.36. The fourth-order valence-corrected chi connectivity index (χ4v) is 6.06. The molecule has 0 bridgehead atoms. The molecular weight excluding hydrogens is 541 g/mol. The van der Waals surface area contributed by atoms with Gasteiger partial charge in [-0.25, -0.2) is 9.78 Å². The minimum Gasteiger partial charge on any atom is -0.481 e. The number of aliphatic carboxylic acids is 1. The summed E-state index contributed by atoms with van der Waals surface area (Å²) in [6, 6.07) is 6.17. The van der Waals surface area contributed by atoms with Crippen molar-refractivity contribution in [2.75, 3.05) is 13.7 Å². The quantitative estimate of drug-likeness (QED) is 0.459. The Balaban J connectivity index is 1.84. The lowest BCUT2D eigenvalue weighted by Crippen LogP contribution is -2.51. The Bertz CT molecular complexity index is 1260. The molecule has 8 nitrogen and oxygen atoms in total. The molecule has 2 saturated heterocycles. The average molecular weight is 579 g/mol. The van der Waals surface area contributed by atoms with Crippen LogP contribution in [0, 0.1) is 18.3 Å². The van der Waals surface area contributed by atoms with Gasteiger partial charge in [0.2, 0.25) is 5.88 Å². The van der Waals surface area contributed by atoms with Crippen molar-refractivity contribution in [1.82, 2.24) is 9.88 Å². The molecule has 1 aromatic carbocycles. The van der Waals surface area contributed by atoms with Crippen LogP contribution in [0.15, 0.2) is 36.5 Å². The minimum absolute atomic E-state index is 0.0333. The van der Waals surface area contributed by atoms with Gasteiger partial charge in [-0.2, -0.15) is 13.2 Å². The van der Waals surface area contributed by atoms with E-state index < -0.39 is 59.2 Å². The van der Waals surface area contributed by atoms with Crippen molar-refractivity contribution in [3.05, 3.63) is 58.8 Å². The number of ether oxygens (including phenoxy) is 3. The zero-order valence-electron chi connectivity index (χ0n) is 23.9. The van der Waals surface area contributed by atoms with E-state index in [1.807, 2.05) is 45.9 Å². The SMILES string of the molecule is COc1ncc(C(F)(F)F)cc1COC1C(c2ccccc2C)N(C(=O)C2CCCCO2)C(C(=O)O)C1C(C)(C)C. The number of aromatic nitrogens is 1. The number of amides is 1. The molecule has 5 atom stereocenters. The second-order valence-electron chi connectivity index (χ2n) is 11.7. The highest BCUT2D eigenvalue weighted by molar-refractivity contribution is 5.88. The second-order valence-corrected chi connectivity index (χ2v) is 11.7. The number of aryl methyl sites for hydroxylation is 1. The smallest absolute Gasteiger partial charge is 0.417 e. The van der Waals surface area contributed by atoms with Crippen molar-refractivity contribution in [2.24, 2.45) is 11.3 Å². The molecule has 1 N–H and O–H groups in total. The molecule has 224 valence electrons. The number of rotatable bonds is 7. The van der Waals surface area contributed by atoms with E-state index in [-0.39, 0.29) is 18.1 Å². The lowest BCUT2D eigenvalue weighted by Gasteiger charge is -2.35. The summed E-state index contributed by atoms with van der Waals surface area (Å²) in [6.45, 7) is 7.55. The first-order chi connectivity index (χ1) is 19.3. The molecule has 2 aliphatic rings. The molecule has 41 heavy (non-hydrogen) atoms. The highest BCUT2D eigenvalue weighted by Gasteiger charge is 2.59. The number of carboxylic acids is 1. The monoisotopic (exact) mass is 578 g/mol. The number of pyridine rings is 1. The van der Waals surface area contributed by atoms with Gasteiger partial charge in [-0.05, 0) is 48.8 Å². The van der Waals surface area contributed by atoms with E-state index in [4.69, 9.17) is 14.2 Å². The third kappa shape index (κ3) is 6.35. The maximum Gasteiger partial charge on any atom is 0.417 e. The number of alkyl halides is 3. The first-order valence-corrected chi connectivity index (χ1v) is 13.7. The number of hydrogen-bond acceptors (Lipinski definition) is 6. The van der Waals surface area contributed by atoms with Crippen molar-refractivity contribution < 1.29 is 42.1 Å². The van der Waals surface area contributed by atoms with Crippen LogP contribution in [0.4, 0.5) is 13.2 Å². The number of carboxylic acid groups (broad SMARTS) is 1. The van der Waals surface area contributed by atoms with Crippen LogP contribution in [0.1, 0.15) is 68.3 Å². The van der Waals surface area contributed by atoms with Gasteiger partial charge in [-0.15, -0.1) is 0 Å². The number of nitrogens with zero attached hydrogens (tertiary/aromatic N) is 2. The summed E-state index contributed by atoms with van der Waals surface area (Å²) in [5.41, 5.74) is -0.0429. The Labute approximate surface area is 237 Å². The summed E-state index contributed by atoms with van der Waals surface area (Å²) in [4.78, 5) is 32.2. The van der Waals surface area contributed by atoms with Crippen molar-refractivity contribution >= 4 is 11.9 Å². The maximum atomic E-state index is 14.1. The van der Waals surface area contributed by atoms with E-state index in [1.54, 1.807) is 6.07 Å². The van der Waals surface area contributed by atoms with E-state index in [2.05, 4.69) is 4.98 Å². The van der Waals surface area contributed by atoms with E-state index in [0.29, 0.717) is 24.8 Å². The predicted molar refractivity (Wildman–Crippen MR) is 143 cm³/mol. The lowest BCUT2D eigenvalue weighted by atomic mass is 9.73. The van der Waals surface area contributed by atoms with Gasteiger partial charge in [-0.3, -0.25) is 4.79 Å². The number of methoxy groups -OCH3 is 1. The Kier molecular flexibility index (Phi) is 8.98. The Morgan fingerprint density at radius 2 is 1.88 bits per heavy atom. The van der Waals surface area contributed by atoms with Gasteiger partial charge < -0.3 is 24.2 Å². The molecule has 1 aromatic heterocycles. The van der Waals surface area contributed by atoms with Gasteiger partial charge in [0.05, 0.1) is 31.4 Å². The number of likely N-dealkylation sites (tertiary alicyclic amines) is 1. The van der Waals surface area contributed by atoms with Gasteiger partial charge >= 0.3 is 12.1 Å². The summed E-state index contributed by atoms with van der Waals surface area (Å²) in [7, 11) is 1.30. The van der Waals surface area contributed by atoms with Gasteiger partial charge in [0.15, 0.2) is 0 Å². The molecule has 0 spiro atoms. The van der Waals surface area contributed by atoms with Crippen molar-refractivity contribution in [1.29, 1.82) is 0 Å². The number of carbonyl (C=O) groups excluding carboxylic acids is 1. The molecule has 11 heteroatoms. The average Bonchev–Trinajstić information content (AvgIpc) is 3.27. The summed E-state index contributed by atoms with van der Waals surface area (Å²) in [6.07, 6.45) is -3.54. The van der Waals surface area contributed by atoms with Crippen LogP contribution in [0.3, 0.4) is 0 Å². The van der Waals surface area contributed by atoms with Gasteiger partial charge in [0, 0.05) is 24.3 Å². The predicted octanol–water partition coefficient (Wildman–Crippen LogP) is 5.57. The van der Waals surface area contributed by atoms with E-state index in [1.165, 1.54) is 12.0 Å². The van der Waals surface area contributed by atoms with Gasteiger partial charge in [-0.1, -0.05) is 45.0 Å². The van der Waals surface area contributed by atoms with Crippen LogP contribution in [0.5, 0.6) is 5.88 Å². The van der Waals surface area contributed by atoms with Crippen LogP contribution in [0.2, 0.25) is 0 Å². The molecule has 0 radical (unpaired) electrons. The largest absolute Gasteiger partial charge is 0.481 e. The van der Waals surface area contributed by atoms with Crippen LogP contribution in [0.25, 0.3) is 0 Å². The van der Waals surface area contributed by atoms with Gasteiger partial charge in [0.25, 0.3) is 5.91 Å². The van der Waals surface area contributed by atoms with E-state index in [0.717, 1.165) is 24.5 Å². The molecule has 2 aliphatic heterocycles. The molecule has 4 rings (SSSR count). The highest BCUT2D eigenvalue weighted by Crippen LogP contribution is 2.51. The highest BCUT2D eigenvalue weighted by atomic mass is 19.4. The van der Waals surface area contributed by atoms with Crippen molar-refractivity contribution in [2.45, 2.75) is 84.0 Å². The molecule has 3 heterocycles. The fourth-order valence-electron chi connectivity index (χ4n) is 6.06. The molecule has 1 amide bonds. The van der Waals surface area contributed by atoms with Crippen LogP contribution >= 0.6 is 0 Å². The summed E-state index contributed by atoms with van der Waals surface area (Å²) < 4.78 is 58.0. The Hall–Kier alpha value is -3.18. The maximum absolute atomic E-state index is 14.1. The Morgan fingerprint density at radius 3 is 2.44 bits per heavy atom. The number of carbonyl (C=O) groups is 2. The molecule has 0 saturated carbocycles. The molecule has 5 unspecified atom stereocenters. The Morgan fingerprint density at radius 1 is 1.17 bits per heavy atom. The molecular formula is C30H37F3N2O6. The van der Waals surface area contributed by atoms with E-state index in [9.17, 15) is 27.9 Å². The van der Waals surface area contributed by atoms with Crippen LogP contribution < -0.4 is 4.74 Å². The van der Waals surface area contributed by atoms with Crippen LogP contribution in [-0.2, 0) is 31.8 Å². The topological polar surface area (TPSA) is 98.2 Å². The number of benzene rings is 1. The first kappa shape index (κ1) is 30.8. The number of halogens is 3. The zero-order valence-corrected chi connectivity index (χ0v) is 23.9. The molecule has 0 aliphatic carbocycles. The van der Waals surface area contributed by atoms with Crippen molar-refractivity contribution in [3.63, 3.8) is 0 Å². The minimum atomic E-state index is -4.63. The normalized spacial score (nSPS) is 25.3. The third-order valence-corrected chi connectivity index (χ3v) is 7.95. The lowest BCUT2D eigenvalue weighted by molar-refractivity contribution is -0.159.